The van der Waals surface area contributed by atoms with E-state index < -0.39 is 0 Å². The molecular weight excluding hydrogens is 955 g/mol. The molecule has 16 rings (SSSR count). The summed E-state index contributed by atoms with van der Waals surface area (Å²) in [4.78, 5) is 11.5. The van der Waals surface area contributed by atoms with Crippen LogP contribution in [0.3, 0.4) is 0 Å². The molecule has 0 saturated heterocycles. The number of amidine groups is 1. The normalized spacial score (nSPS) is 15.5. The number of hydrogen-bond donors (Lipinski definition) is 0. The highest BCUT2D eigenvalue weighted by atomic mass is 32.1. The van der Waals surface area contributed by atoms with Crippen molar-refractivity contribution in [2.24, 2.45) is 9.98 Å². The molecule has 1 atom stereocenters. The fraction of sp³-hybridized carbons (Fsp3) is 0.0556. The molecule has 0 spiro atoms. The van der Waals surface area contributed by atoms with E-state index in [4.69, 9.17) is 21.0 Å². The Morgan fingerprint density at radius 3 is 2.04 bits per heavy atom. The Balaban J connectivity index is 0.911. The molecule has 5 heteroatoms. The minimum Gasteiger partial charge on any atom is -0.456 e. The van der Waals surface area contributed by atoms with Crippen LogP contribution >= 0.6 is 11.3 Å². The summed E-state index contributed by atoms with van der Waals surface area (Å²) in [7, 11) is 0. The number of benzene rings is 11. The molecule has 11 aromatic carbocycles. The van der Waals surface area contributed by atoms with Gasteiger partial charge in [-0.15, -0.1) is 11.3 Å². The van der Waals surface area contributed by atoms with Crippen molar-refractivity contribution in [2.75, 3.05) is 0 Å². The number of nitrogens with zero attached hydrogens (tertiary/aromatic N) is 3. The van der Waals surface area contributed by atoms with E-state index in [-0.39, 0.29) is 5.92 Å². The van der Waals surface area contributed by atoms with Gasteiger partial charge in [0, 0.05) is 64.4 Å². The molecule has 0 radical (unpaired) electrons. The molecule has 1 aliphatic carbocycles. The quantitative estimate of drug-likeness (QED) is 0.164. The average molecular weight is 1000 g/mol. The summed E-state index contributed by atoms with van der Waals surface area (Å²) in [6, 6.07) is 81.8. The van der Waals surface area contributed by atoms with E-state index in [1.54, 1.807) is 0 Å². The van der Waals surface area contributed by atoms with Gasteiger partial charge < -0.3 is 8.98 Å². The smallest absolute Gasteiger partial charge is 0.160 e. The second kappa shape index (κ2) is 17.3. The third kappa shape index (κ3) is 7.11. The first-order valence-corrected chi connectivity index (χ1v) is 27.4. The van der Waals surface area contributed by atoms with Gasteiger partial charge >= 0.3 is 0 Å². The van der Waals surface area contributed by atoms with Crippen LogP contribution in [0.4, 0.5) is 0 Å². The van der Waals surface area contributed by atoms with Gasteiger partial charge in [0.25, 0.3) is 0 Å². The predicted molar refractivity (Wildman–Crippen MR) is 326 cm³/mol. The maximum Gasteiger partial charge on any atom is 0.160 e. The molecule has 0 N–H and O–H groups in total. The summed E-state index contributed by atoms with van der Waals surface area (Å²) >= 11 is 1.89. The van der Waals surface area contributed by atoms with Crippen molar-refractivity contribution in [3.63, 3.8) is 0 Å². The molecule has 4 heterocycles. The van der Waals surface area contributed by atoms with E-state index in [1.807, 2.05) is 23.5 Å². The van der Waals surface area contributed by atoms with Crippen LogP contribution in [0.5, 0.6) is 0 Å². The van der Waals surface area contributed by atoms with Crippen LogP contribution in [-0.4, -0.2) is 16.1 Å². The second-order valence-electron chi connectivity index (χ2n) is 20.8. The largest absolute Gasteiger partial charge is 0.456 e. The lowest BCUT2D eigenvalue weighted by Gasteiger charge is -2.31. The first-order chi connectivity index (χ1) is 38.0. The first kappa shape index (κ1) is 43.9. The molecule has 2 aliphatic rings. The highest BCUT2D eigenvalue weighted by molar-refractivity contribution is 7.26. The number of aromatic nitrogens is 1. The van der Waals surface area contributed by atoms with E-state index in [2.05, 4.69) is 223 Å². The lowest BCUT2D eigenvalue weighted by Crippen LogP contribution is -2.14. The summed E-state index contributed by atoms with van der Waals surface area (Å²) in [6.07, 6.45) is 4.58. The van der Waals surface area contributed by atoms with Crippen LogP contribution in [0.1, 0.15) is 52.1 Å². The summed E-state index contributed by atoms with van der Waals surface area (Å²) in [5.74, 6) is 0.727. The van der Waals surface area contributed by atoms with Crippen LogP contribution < -0.4 is 0 Å². The molecule has 362 valence electrons. The van der Waals surface area contributed by atoms with Crippen molar-refractivity contribution in [3.05, 3.63) is 270 Å². The van der Waals surface area contributed by atoms with E-state index in [0.717, 1.165) is 91.6 Å². The molecular formula is C72H47N3OS. The molecule has 4 nitrogen and oxygen atoms in total. The van der Waals surface area contributed by atoms with Crippen LogP contribution in [0.25, 0.3) is 114 Å². The standard InChI is InChI=1S/C72H47N3OS/c1-43-53-22-9-10-23-54(53)59-35-44-16-5-6-17-45(44)36-60(59)58(43)39-51-34-50(42-70-71(51)62-37-46-18-7-8-19-47(46)41-69(62)77-70)64-27-15-26-63(48-31-33-68-61(38-48)57-25-12-14-29-67(57)76-68)73-72(74-64)49-30-32-56-55-24-11-13-28-65(55)75(66(56)40-49)52-20-3-2-4-21-52/h2-14,16-26,28-38,40-42,58H,1,15,27,39H2/b63-26-,73-72?,74-64?. The Morgan fingerprint density at radius 1 is 0.494 bits per heavy atom. The Labute approximate surface area is 448 Å². The van der Waals surface area contributed by atoms with Crippen molar-refractivity contribution in [1.29, 1.82) is 0 Å². The molecule has 0 fully saturated rings. The highest BCUT2D eigenvalue weighted by Crippen LogP contribution is 2.50. The van der Waals surface area contributed by atoms with Gasteiger partial charge in [0.15, 0.2) is 5.84 Å². The summed E-state index contributed by atoms with van der Waals surface area (Å²) in [6.45, 7) is 4.93. The van der Waals surface area contributed by atoms with Gasteiger partial charge in [-0.05, 0) is 165 Å². The van der Waals surface area contributed by atoms with Crippen molar-refractivity contribution < 1.29 is 4.42 Å². The van der Waals surface area contributed by atoms with Gasteiger partial charge in [-0.1, -0.05) is 152 Å². The molecule has 14 aromatic rings. The topological polar surface area (TPSA) is 42.8 Å². The third-order valence-corrected chi connectivity index (χ3v) is 17.5. The molecule has 0 bridgehead atoms. The van der Waals surface area contributed by atoms with Gasteiger partial charge in [-0.2, -0.15) is 0 Å². The lowest BCUT2D eigenvalue weighted by molar-refractivity contribution is 0.669. The van der Waals surface area contributed by atoms with Crippen LogP contribution in [0.15, 0.2) is 252 Å². The summed E-state index contributed by atoms with van der Waals surface area (Å²) in [5, 5.41) is 12.2. The van der Waals surface area contributed by atoms with E-state index in [0.29, 0.717) is 5.84 Å². The van der Waals surface area contributed by atoms with Crippen LogP contribution in [-0.2, 0) is 6.42 Å². The lowest BCUT2D eigenvalue weighted by atomic mass is 9.72. The van der Waals surface area contributed by atoms with Gasteiger partial charge in [0.2, 0.25) is 0 Å². The van der Waals surface area contributed by atoms with Gasteiger partial charge in [-0.3, -0.25) is 0 Å². The van der Waals surface area contributed by atoms with E-state index >= 15 is 0 Å². The zero-order valence-electron chi connectivity index (χ0n) is 42.0. The molecule has 3 aromatic heterocycles. The summed E-state index contributed by atoms with van der Waals surface area (Å²) in [5.41, 5.74) is 17.7. The number of fused-ring (bicyclic) bond motifs is 14. The first-order valence-electron chi connectivity index (χ1n) is 26.6. The Hall–Kier alpha value is -9.42. The van der Waals surface area contributed by atoms with Gasteiger partial charge in [0.05, 0.1) is 22.4 Å². The monoisotopic (exact) mass is 1000 g/mol. The zero-order chi connectivity index (χ0) is 50.7. The van der Waals surface area contributed by atoms with Crippen LogP contribution in [0.2, 0.25) is 0 Å². The number of hydrogen-bond acceptors (Lipinski definition) is 4. The fourth-order valence-electron chi connectivity index (χ4n) is 12.7. The number of para-hydroxylation sites is 3. The average Bonchev–Trinajstić information content (AvgIpc) is 4.17. The predicted octanol–water partition coefficient (Wildman–Crippen LogP) is 19.4. The molecule has 1 aliphatic heterocycles. The summed E-state index contributed by atoms with van der Waals surface area (Å²) < 4.78 is 11.2. The van der Waals surface area contributed by atoms with E-state index in [1.165, 1.54) is 80.3 Å². The maximum atomic E-state index is 6.31. The molecule has 1 unspecified atom stereocenters. The number of allylic oxidation sites excluding steroid dienone is 2. The Morgan fingerprint density at radius 2 is 1.18 bits per heavy atom. The van der Waals surface area contributed by atoms with Crippen LogP contribution in [0, 0.1) is 0 Å². The fourth-order valence-corrected chi connectivity index (χ4v) is 13.9. The highest BCUT2D eigenvalue weighted by Gasteiger charge is 2.30. The van der Waals surface area contributed by atoms with Crippen molar-refractivity contribution >= 4 is 120 Å². The molecule has 0 amide bonds. The number of aliphatic imine (C=N–C) groups is 2. The van der Waals surface area contributed by atoms with Crippen molar-refractivity contribution in [2.45, 2.75) is 25.2 Å². The van der Waals surface area contributed by atoms with Gasteiger partial charge in [-0.25, -0.2) is 9.98 Å². The number of furan rings is 1. The molecule has 77 heavy (non-hydrogen) atoms. The SMILES string of the molecule is C=C1c2ccccc2-c2cc3ccccc3cc2C1Cc1cc(C2=NC(c3ccc4c5ccccc5n(-c5ccccc5)c4c3)=N/C(c3ccc4oc5ccccc5c4c3)=C\CC2)cc2sc3cc4ccccc4cc3c12. The maximum absolute atomic E-state index is 6.31. The van der Waals surface area contributed by atoms with Crippen molar-refractivity contribution in [3.8, 4) is 16.8 Å². The number of rotatable bonds is 6. The minimum absolute atomic E-state index is 0.0491. The zero-order valence-corrected chi connectivity index (χ0v) is 42.8. The minimum atomic E-state index is 0.0491. The Bertz CT molecular complexity index is 4930. The molecule has 0 saturated carbocycles. The third-order valence-electron chi connectivity index (χ3n) is 16.4. The number of thiophene rings is 1. The second-order valence-corrected chi connectivity index (χ2v) is 21.9. The van der Waals surface area contributed by atoms with E-state index in [9.17, 15) is 0 Å². The van der Waals surface area contributed by atoms with Gasteiger partial charge in [0.1, 0.15) is 11.2 Å². The van der Waals surface area contributed by atoms with Crippen molar-refractivity contribution in [1.82, 2.24) is 4.57 Å². The Kier molecular flexibility index (Phi) is 9.88.